The quantitative estimate of drug-likeness (QED) is 0.352. The van der Waals surface area contributed by atoms with Crippen molar-refractivity contribution in [1.29, 1.82) is 0 Å². The van der Waals surface area contributed by atoms with Crippen molar-refractivity contribution in [2.45, 2.75) is 0 Å². The van der Waals surface area contributed by atoms with Crippen LogP contribution in [0.1, 0.15) is 11.1 Å². The molecule has 0 N–H and O–H groups in total. The molecule has 32 heavy (non-hydrogen) atoms. The number of anilines is 1. The summed E-state index contributed by atoms with van der Waals surface area (Å²) in [6.07, 6.45) is 1.69. The average Bonchev–Trinajstić information content (AvgIpc) is 3.35. The van der Waals surface area contributed by atoms with Crippen LogP contribution in [0.25, 0.3) is 16.3 Å². The maximum Gasteiger partial charge on any atom is 0.284 e. The van der Waals surface area contributed by atoms with Crippen molar-refractivity contribution >= 4 is 56.1 Å². The molecule has 0 bridgehead atoms. The van der Waals surface area contributed by atoms with Crippen LogP contribution in [0.5, 0.6) is 5.75 Å². The number of aromatic nitrogens is 1. The van der Waals surface area contributed by atoms with E-state index in [0.717, 1.165) is 11.1 Å². The lowest BCUT2D eigenvalue weighted by atomic mass is 10.1. The first-order valence-corrected chi connectivity index (χ1v) is 10.8. The Hall–Kier alpha value is -3.55. The van der Waals surface area contributed by atoms with Crippen LogP contribution in [0.2, 0.25) is 5.02 Å². The molecule has 0 atom stereocenters. The highest BCUT2D eigenvalue weighted by atomic mass is 35.5. The fourth-order valence-corrected chi connectivity index (χ4v) is 4.55. The monoisotopic (exact) mass is 463 g/mol. The van der Waals surface area contributed by atoms with Gasteiger partial charge in [-0.15, -0.1) is 0 Å². The maximum atomic E-state index is 14.0. The number of thiazole rings is 1. The summed E-state index contributed by atoms with van der Waals surface area (Å²) in [5.41, 5.74) is 2.25. The van der Waals surface area contributed by atoms with Crippen LogP contribution in [-0.4, -0.2) is 23.8 Å². The summed E-state index contributed by atoms with van der Waals surface area (Å²) < 4.78 is 19.9. The number of halogens is 2. The lowest BCUT2D eigenvalue weighted by Gasteiger charge is -2.14. The zero-order valence-electron chi connectivity index (χ0n) is 16.8. The normalized spacial score (nSPS) is 15.0. The largest absolute Gasteiger partial charge is 0.496 e. The standard InChI is InChI=1S/C24H15ClFN3O2S/c1-31-20-10-6-5-9-15(20)11-19-23(30)29(22(27-19)14-7-3-2-4-8-14)24-28-18-12-16(25)17(26)13-21(18)32-24/h2-13H,1H3/b19-11-. The van der Waals surface area contributed by atoms with E-state index in [1.165, 1.54) is 28.4 Å². The van der Waals surface area contributed by atoms with Crippen molar-refractivity contribution in [3.05, 3.63) is 94.4 Å². The number of benzene rings is 3. The molecular weight excluding hydrogens is 449 g/mol. The van der Waals surface area contributed by atoms with E-state index in [1.807, 2.05) is 54.6 Å². The summed E-state index contributed by atoms with van der Waals surface area (Å²) in [6, 6.07) is 19.5. The van der Waals surface area contributed by atoms with Gasteiger partial charge in [-0.25, -0.2) is 19.3 Å². The van der Waals surface area contributed by atoms with Crippen molar-refractivity contribution in [2.24, 2.45) is 4.99 Å². The van der Waals surface area contributed by atoms with Gasteiger partial charge in [-0.2, -0.15) is 0 Å². The molecule has 0 saturated carbocycles. The van der Waals surface area contributed by atoms with Crippen LogP contribution in [-0.2, 0) is 4.79 Å². The van der Waals surface area contributed by atoms with E-state index in [1.54, 1.807) is 13.2 Å². The van der Waals surface area contributed by atoms with Crippen LogP contribution >= 0.6 is 22.9 Å². The van der Waals surface area contributed by atoms with Gasteiger partial charge in [0.05, 0.1) is 22.3 Å². The third-order valence-corrected chi connectivity index (χ3v) is 6.23. The molecule has 0 spiro atoms. The number of amides is 1. The molecule has 5 nitrogen and oxygen atoms in total. The molecule has 0 unspecified atom stereocenters. The van der Waals surface area contributed by atoms with Crippen molar-refractivity contribution < 1.29 is 13.9 Å². The lowest BCUT2D eigenvalue weighted by molar-refractivity contribution is -0.113. The van der Waals surface area contributed by atoms with Crippen molar-refractivity contribution in [1.82, 2.24) is 4.98 Å². The maximum absolute atomic E-state index is 14.0. The molecule has 1 aliphatic rings. The van der Waals surface area contributed by atoms with Crippen molar-refractivity contribution in [3.8, 4) is 5.75 Å². The number of carbonyl (C=O) groups is 1. The predicted octanol–water partition coefficient (Wildman–Crippen LogP) is 5.93. The molecule has 1 amide bonds. The SMILES string of the molecule is COc1ccccc1/C=C1\N=C(c2ccccc2)N(c2nc3cc(Cl)c(F)cc3s2)C1=O. The summed E-state index contributed by atoms with van der Waals surface area (Å²) >= 11 is 7.11. The first kappa shape index (κ1) is 20.4. The number of nitrogens with zero attached hydrogens (tertiary/aromatic N) is 3. The van der Waals surface area contributed by atoms with Gasteiger partial charge in [0.15, 0.2) is 5.13 Å². The third kappa shape index (κ3) is 3.55. The minimum Gasteiger partial charge on any atom is -0.496 e. The van der Waals surface area contributed by atoms with Gasteiger partial charge in [-0.05, 0) is 24.3 Å². The van der Waals surface area contributed by atoms with E-state index in [2.05, 4.69) is 9.98 Å². The Morgan fingerprint density at radius 3 is 2.62 bits per heavy atom. The summed E-state index contributed by atoms with van der Waals surface area (Å²) in [5, 5.41) is 0.369. The first-order valence-electron chi connectivity index (χ1n) is 9.64. The summed E-state index contributed by atoms with van der Waals surface area (Å²) in [6.45, 7) is 0. The molecular formula is C24H15ClFN3O2S. The molecule has 0 aliphatic carbocycles. The Balaban J connectivity index is 1.65. The topological polar surface area (TPSA) is 54.8 Å². The van der Waals surface area contributed by atoms with Gasteiger partial charge < -0.3 is 4.74 Å². The summed E-state index contributed by atoms with van der Waals surface area (Å²) in [4.78, 5) is 24.1. The van der Waals surface area contributed by atoms with E-state index in [0.29, 0.717) is 26.9 Å². The number of carbonyl (C=O) groups excluding carboxylic acids is 1. The summed E-state index contributed by atoms with van der Waals surface area (Å²) in [5.74, 6) is 0.214. The number of methoxy groups -OCH3 is 1. The number of hydrogen-bond donors (Lipinski definition) is 0. The van der Waals surface area contributed by atoms with Crippen molar-refractivity contribution in [2.75, 3.05) is 12.0 Å². The molecule has 0 saturated heterocycles. The fourth-order valence-electron chi connectivity index (χ4n) is 3.42. The molecule has 0 radical (unpaired) electrons. The Morgan fingerprint density at radius 1 is 1.09 bits per heavy atom. The number of rotatable bonds is 4. The van der Waals surface area contributed by atoms with Gasteiger partial charge in [0.2, 0.25) is 0 Å². The van der Waals surface area contributed by atoms with Gasteiger partial charge >= 0.3 is 0 Å². The van der Waals surface area contributed by atoms with Crippen LogP contribution in [0.3, 0.4) is 0 Å². The Bertz CT molecular complexity index is 1380. The number of fused-ring (bicyclic) bond motifs is 1. The molecule has 0 fully saturated rings. The Morgan fingerprint density at radius 2 is 1.84 bits per heavy atom. The van der Waals surface area contributed by atoms with Crippen molar-refractivity contribution in [3.63, 3.8) is 0 Å². The zero-order valence-corrected chi connectivity index (χ0v) is 18.3. The van der Waals surface area contributed by atoms with Gasteiger partial charge in [0.1, 0.15) is 23.1 Å². The predicted molar refractivity (Wildman–Crippen MR) is 126 cm³/mol. The number of ether oxygens (including phenoxy) is 1. The zero-order chi connectivity index (χ0) is 22.2. The minimum atomic E-state index is -0.532. The van der Waals surface area contributed by atoms with Crippen LogP contribution in [0.15, 0.2) is 77.4 Å². The molecule has 1 aromatic heterocycles. The average molecular weight is 464 g/mol. The third-order valence-electron chi connectivity index (χ3n) is 4.93. The number of hydrogen-bond acceptors (Lipinski definition) is 5. The van der Waals surface area contributed by atoms with E-state index in [9.17, 15) is 9.18 Å². The highest BCUT2D eigenvalue weighted by molar-refractivity contribution is 7.22. The second kappa shape index (κ2) is 8.18. The number of para-hydroxylation sites is 1. The molecule has 3 aromatic carbocycles. The molecule has 158 valence electrons. The molecule has 5 rings (SSSR count). The van der Waals surface area contributed by atoms with Crippen LogP contribution in [0, 0.1) is 5.82 Å². The molecule has 4 aromatic rings. The smallest absolute Gasteiger partial charge is 0.284 e. The Kier molecular flexibility index (Phi) is 5.20. The number of aliphatic imine (C=N–C) groups is 1. The lowest BCUT2D eigenvalue weighted by Crippen LogP contribution is -2.32. The fraction of sp³-hybridized carbons (Fsp3) is 0.0417. The molecule has 8 heteroatoms. The molecule has 1 aliphatic heterocycles. The van der Waals surface area contributed by atoms with Crippen LogP contribution in [0.4, 0.5) is 9.52 Å². The van der Waals surface area contributed by atoms with E-state index >= 15 is 0 Å². The first-order chi connectivity index (χ1) is 15.5. The van der Waals surface area contributed by atoms with E-state index in [-0.39, 0.29) is 16.6 Å². The van der Waals surface area contributed by atoms with Gasteiger partial charge in [-0.1, -0.05) is 71.5 Å². The van der Waals surface area contributed by atoms with Gasteiger partial charge in [0.25, 0.3) is 5.91 Å². The van der Waals surface area contributed by atoms with E-state index < -0.39 is 5.82 Å². The van der Waals surface area contributed by atoms with Gasteiger partial charge in [-0.3, -0.25) is 4.79 Å². The Labute approximate surface area is 192 Å². The number of amidine groups is 1. The molecule has 2 heterocycles. The second-order valence-corrected chi connectivity index (χ2v) is 8.36. The van der Waals surface area contributed by atoms with Crippen LogP contribution < -0.4 is 9.64 Å². The van der Waals surface area contributed by atoms with E-state index in [4.69, 9.17) is 16.3 Å². The summed E-state index contributed by atoms with van der Waals surface area (Å²) in [7, 11) is 1.57. The van der Waals surface area contributed by atoms with Gasteiger partial charge in [0, 0.05) is 11.1 Å². The highest BCUT2D eigenvalue weighted by Crippen LogP contribution is 2.36. The minimum absolute atomic E-state index is 0.0178. The highest BCUT2D eigenvalue weighted by Gasteiger charge is 2.34. The second-order valence-electron chi connectivity index (χ2n) is 6.94.